The summed E-state index contributed by atoms with van der Waals surface area (Å²) in [5, 5.41) is 3.72. The third-order valence-electron chi connectivity index (χ3n) is 1.96. The molecule has 1 N–H and O–H groups in total. The van der Waals surface area contributed by atoms with Crippen molar-refractivity contribution in [1.29, 1.82) is 0 Å². The average Bonchev–Trinajstić information content (AvgIpc) is 2.32. The smallest absolute Gasteiger partial charge is 0.322 e. The number of ether oxygens (including phenoxy) is 1. The molecule has 18 heavy (non-hydrogen) atoms. The fourth-order valence-electron chi connectivity index (χ4n) is 1.24. The molecule has 2 rings (SSSR count). The van der Waals surface area contributed by atoms with Crippen molar-refractivity contribution in [2.45, 2.75) is 6.92 Å². The van der Waals surface area contributed by atoms with Crippen LogP contribution < -0.4 is 10.1 Å². The lowest BCUT2D eigenvalue weighted by molar-refractivity contribution is 0.312. The number of aromatic nitrogens is 3. The monoisotopic (exact) mass is 284 g/mol. The van der Waals surface area contributed by atoms with Gasteiger partial charge in [0.05, 0.1) is 6.61 Å². The molecule has 0 spiro atoms. The molecule has 0 fully saturated rings. The van der Waals surface area contributed by atoms with Gasteiger partial charge < -0.3 is 10.1 Å². The van der Waals surface area contributed by atoms with Gasteiger partial charge in [-0.05, 0) is 42.8 Å². The highest BCUT2D eigenvalue weighted by Crippen LogP contribution is 2.18. The maximum Gasteiger partial charge on any atom is 0.322 e. The Labute approximate surface area is 114 Å². The summed E-state index contributed by atoms with van der Waals surface area (Å²) in [7, 11) is 0. The van der Waals surface area contributed by atoms with Crippen LogP contribution in [0.25, 0.3) is 0 Å². The predicted molar refractivity (Wildman–Crippen MR) is 70.7 cm³/mol. The summed E-state index contributed by atoms with van der Waals surface area (Å²) in [6.07, 6.45) is 0. The Morgan fingerprint density at radius 1 is 1.11 bits per heavy atom. The highest BCUT2D eigenvalue weighted by molar-refractivity contribution is 6.30. The number of hydrogen-bond acceptors (Lipinski definition) is 5. The van der Waals surface area contributed by atoms with Gasteiger partial charge in [0.25, 0.3) is 0 Å². The maximum atomic E-state index is 5.80. The van der Waals surface area contributed by atoms with E-state index in [1.54, 1.807) is 24.3 Å². The van der Waals surface area contributed by atoms with Crippen molar-refractivity contribution in [2.24, 2.45) is 0 Å². The second-order valence-corrected chi connectivity index (χ2v) is 4.05. The second kappa shape index (κ2) is 5.84. The first-order valence-electron chi connectivity index (χ1n) is 5.24. The van der Waals surface area contributed by atoms with E-state index in [9.17, 15) is 0 Å². The van der Waals surface area contributed by atoms with Crippen molar-refractivity contribution in [1.82, 2.24) is 15.0 Å². The Hall–Kier alpha value is -1.59. The van der Waals surface area contributed by atoms with Crippen LogP contribution >= 0.6 is 23.2 Å². The minimum Gasteiger partial charge on any atom is -0.464 e. The minimum absolute atomic E-state index is 0.0740. The number of benzene rings is 1. The van der Waals surface area contributed by atoms with Gasteiger partial charge in [0.15, 0.2) is 0 Å². The summed E-state index contributed by atoms with van der Waals surface area (Å²) in [5.41, 5.74) is 0.795. The van der Waals surface area contributed by atoms with Crippen molar-refractivity contribution in [3.05, 3.63) is 34.6 Å². The Kier molecular flexibility index (Phi) is 4.17. The topological polar surface area (TPSA) is 59.9 Å². The predicted octanol–water partition coefficient (Wildman–Crippen LogP) is 3.32. The molecule has 0 aliphatic heterocycles. The molecule has 0 bridgehead atoms. The summed E-state index contributed by atoms with van der Waals surface area (Å²) in [6.45, 7) is 2.30. The molecule has 0 atom stereocenters. The van der Waals surface area contributed by atoms with E-state index >= 15 is 0 Å². The minimum atomic E-state index is 0.0740. The lowest BCUT2D eigenvalue weighted by Gasteiger charge is -2.06. The summed E-state index contributed by atoms with van der Waals surface area (Å²) >= 11 is 11.6. The number of nitrogens with zero attached hydrogens (tertiary/aromatic N) is 3. The summed E-state index contributed by atoms with van der Waals surface area (Å²) in [6, 6.07) is 7.32. The van der Waals surface area contributed by atoms with Crippen molar-refractivity contribution in [2.75, 3.05) is 11.9 Å². The molecule has 1 heterocycles. The SMILES string of the molecule is CCOc1nc(Cl)nc(Nc2ccc(Cl)cc2)n1. The Morgan fingerprint density at radius 2 is 1.83 bits per heavy atom. The summed E-state index contributed by atoms with van der Waals surface area (Å²) < 4.78 is 5.18. The molecule has 0 aliphatic carbocycles. The molecular weight excluding hydrogens is 275 g/mol. The normalized spacial score (nSPS) is 10.2. The first kappa shape index (κ1) is 12.9. The third-order valence-corrected chi connectivity index (χ3v) is 2.38. The highest BCUT2D eigenvalue weighted by Gasteiger charge is 2.05. The first-order valence-corrected chi connectivity index (χ1v) is 6.00. The quantitative estimate of drug-likeness (QED) is 0.933. The van der Waals surface area contributed by atoms with Crippen LogP contribution in [0.1, 0.15) is 6.92 Å². The molecule has 0 aliphatic rings. The van der Waals surface area contributed by atoms with E-state index in [4.69, 9.17) is 27.9 Å². The molecule has 0 amide bonds. The third kappa shape index (κ3) is 3.45. The van der Waals surface area contributed by atoms with E-state index in [2.05, 4.69) is 20.3 Å². The number of nitrogens with one attached hydrogen (secondary N) is 1. The zero-order valence-electron chi connectivity index (χ0n) is 9.52. The van der Waals surface area contributed by atoms with E-state index in [0.717, 1.165) is 5.69 Å². The van der Waals surface area contributed by atoms with Gasteiger partial charge in [-0.1, -0.05) is 11.6 Å². The van der Waals surface area contributed by atoms with Gasteiger partial charge in [-0.3, -0.25) is 0 Å². The van der Waals surface area contributed by atoms with Gasteiger partial charge in [0.2, 0.25) is 11.2 Å². The zero-order chi connectivity index (χ0) is 13.0. The molecule has 94 valence electrons. The van der Waals surface area contributed by atoms with Gasteiger partial charge >= 0.3 is 6.01 Å². The van der Waals surface area contributed by atoms with E-state index in [0.29, 0.717) is 17.6 Å². The van der Waals surface area contributed by atoms with Gasteiger partial charge in [0, 0.05) is 10.7 Å². The van der Waals surface area contributed by atoms with Crippen LogP contribution in [0.3, 0.4) is 0 Å². The van der Waals surface area contributed by atoms with Crippen LogP contribution in [0.2, 0.25) is 10.3 Å². The Bertz CT molecular complexity index is 533. The van der Waals surface area contributed by atoms with Crippen molar-refractivity contribution in [3.63, 3.8) is 0 Å². The molecule has 2 aromatic rings. The van der Waals surface area contributed by atoms with E-state index in [1.807, 2.05) is 6.92 Å². The molecule has 0 saturated heterocycles. The summed E-state index contributed by atoms with van der Waals surface area (Å²) in [4.78, 5) is 11.9. The van der Waals surface area contributed by atoms with Crippen LogP contribution in [0, 0.1) is 0 Å². The largest absolute Gasteiger partial charge is 0.464 e. The van der Waals surface area contributed by atoms with Crippen molar-refractivity contribution in [3.8, 4) is 6.01 Å². The molecule has 1 aromatic heterocycles. The lowest BCUT2D eigenvalue weighted by Crippen LogP contribution is -2.03. The number of rotatable bonds is 4. The summed E-state index contributed by atoms with van der Waals surface area (Å²) in [5.74, 6) is 0.320. The second-order valence-electron chi connectivity index (χ2n) is 3.28. The van der Waals surface area contributed by atoms with E-state index in [-0.39, 0.29) is 11.3 Å². The molecule has 0 unspecified atom stereocenters. The first-order chi connectivity index (χ1) is 8.67. The molecule has 0 saturated carbocycles. The molecule has 7 heteroatoms. The molecule has 1 aromatic carbocycles. The fraction of sp³-hybridized carbons (Fsp3) is 0.182. The van der Waals surface area contributed by atoms with Crippen LogP contribution in [-0.2, 0) is 0 Å². The van der Waals surface area contributed by atoms with E-state index in [1.165, 1.54) is 0 Å². The Balaban J connectivity index is 2.20. The van der Waals surface area contributed by atoms with Crippen LogP contribution in [0.15, 0.2) is 24.3 Å². The van der Waals surface area contributed by atoms with Gasteiger partial charge in [-0.2, -0.15) is 15.0 Å². The van der Waals surface area contributed by atoms with Gasteiger partial charge in [-0.25, -0.2) is 0 Å². The molecule has 5 nitrogen and oxygen atoms in total. The zero-order valence-corrected chi connectivity index (χ0v) is 11.0. The maximum absolute atomic E-state index is 5.80. The van der Waals surface area contributed by atoms with Crippen LogP contribution in [-0.4, -0.2) is 21.6 Å². The fourth-order valence-corrected chi connectivity index (χ4v) is 1.52. The highest BCUT2D eigenvalue weighted by atomic mass is 35.5. The average molecular weight is 285 g/mol. The number of halogens is 2. The van der Waals surface area contributed by atoms with E-state index < -0.39 is 0 Å². The van der Waals surface area contributed by atoms with Crippen LogP contribution in [0.5, 0.6) is 6.01 Å². The Morgan fingerprint density at radius 3 is 2.50 bits per heavy atom. The van der Waals surface area contributed by atoms with Crippen molar-refractivity contribution >= 4 is 34.8 Å². The molecule has 0 radical (unpaired) electrons. The van der Waals surface area contributed by atoms with Gasteiger partial charge in [-0.15, -0.1) is 0 Å². The van der Waals surface area contributed by atoms with Crippen LogP contribution in [0.4, 0.5) is 11.6 Å². The molecular formula is C11H10Cl2N4O. The standard InChI is InChI=1S/C11H10Cl2N4O/c1-2-18-11-16-9(13)15-10(17-11)14-8-5-3-7(12)4-6-8/h3-6H,2H2,1H3,(H,14,15,16,17). The van der Waals surface area contributed by atoms with Crippen molar-refractivity contribution < 1.29 is 4.74 Å². The van der Waals surface area contributed by atoms with Gasteiger partial charge in [0.1, 0.15) is 0 Å². The number of anilines is 2. The lowest BCUT2D eigenvalue weighted by atomic mass is 10.3. The number of hydrogen-bond donors (Lipinski definition) is 1.